The molecule has 106 valence electrons. The molecule has 0 bridgehead atoms. The summed E-state index contributed by atoms with van der Waals surface area (Å²) in [6, 6.07) is 15.0. The van der Waals surface area contributed by atoms with Gasteiger partial charge >= 0.3 is 0 Å². The standard InChI is InChI=1S/C17H14BrFN2/c18-15-7-5-13(6-8-15)11-17-20-9-10-21(17)12-14-3-1-2-4-16(14)19/h1-10H,11-12H2. The quantitative estimate of drug-likeness (QED) is 0.684. The molecule has 1 heterocycles. The SMILES string of the molecule is Fc1ccccc1Cn1ccnc1Cc1ccc(Br)cc1. The van der Waals surface area contributed by atoms with Gasteiger partial charge in [-0.05, 0) is 23.8 Å². The summed E-state index contributed by atoms with van der Waals surface area (Å²) in [7, 11) is 0. The normalized spacial score (nSPS) is 10.8. The molecular weight excluding hydrogens is 331 g/mol. The van der Waals surface area contributed by atoms with Gasteiger partial charge in [-0.1, -0.05) is 46.3 Å². The summed E-state index contributed by atoms with van der Waals surface area (Å²) in [5, 5.41) is 0. The molecule has 0 fully saturated rings. The van der Waals surface area contributed by atoms with Gasteiger partial charge in [0, 0.05) is 28.9 Å². The number of aromatic nitrogens is 2. The van der Waals surface area contributed by atoms with E-state index in [9.17, 15) is 4.39 Å². The Hall–Kier alpha value is -1.94. The minimum absolute atomic E-state index is 0.180. The van der Waals surface area contributed by atoms with Crippen LogP contribution < -0.4 is 0 Å². The fourth-order valence-electron chi connectivity index (χ4n) is 2.25. The number of hydrogen-bond acceptors (Lipinski definition) is 1. The van der Waals surface area contributed by atoms with Gasteiger partial charge in [0.15, 0.2) is 0 Å². The third-order valence-electron chi connectivity index (χ3n) is 3.38. The molecule has 0 spiro atoms. The van der Waals surface area contributed by atoms with E-state index < -0.39 is 0 Å². The number of benzene rings is 2. The lowest BCUT2D eigenvalue weighted by Crippen LogP contribution is -2.06. The van der Waals surface area contributed by atoms with Crippen LogP contribution in [0.2, 0.25) is 0 Å². The number of halogens is 2. The van der Waals surface area contributed by atoms with Crippen LogP contribution in [-0.2, 0) is 13.0 Å². The molecule has 0 aliphatic carbocycles. The van der Waals surface area contributed by atoms with Gasteiger partial charge in [-0.25, -0.2) is 9.37 Å². The van der Waals surface area contributed by atoms with E-state index in [0.717, 1.165) is 16.7 Å². The Kier molecular flexibility index (Phi) is 4.15. The van der Waals surface area contributed by atoms with Gasteiger partial charge in [-0.2, -0.15) is 0 Å². The van der Waals surface area contributed by atoms with E-state index in [2.05, 4.69) is 33.0 Å². The van der Waals surface area contributed by atoms with Crippen molar-refractivity contribution >= 4 is 15.9 Å². The minimum atomic E-state index is -0.180. The fourth-order valence-corrected chi connectivity index (χ4v) is 2.51. The lowest BCUT2D eigenvalue weighted by atomic mass is 10.1. The average Bonchev–Trinajstić information content (AvgIpc) is 2.91. The lowest BCUT2D eigenvalue weighted by molar-refractivity contribution is 0.595. The highest BCUT2D eigenvalue weighted by atomic mass is 79.9. The van der Waals surface area contributed by atoms with Gasteiger partial charge in [0.25, 0.3) is 0 Å². The average molecular weight is 345 g/mol. The molecule has 21 heavy (non-hydrogen) atoms. The summed E-state index contributed by atoms with van der Waals surface area (Å²) in [5.74, 6) is 0.751. The zero-order valence-corrected chi connectivity index (χ0v) is 12.9. The molecule has 0 amide bonds. The predicted molar refractivity (Wildman–Crippen MR) is 84.7 cm³/mol. The lowest BCUT2D eigenvalue weighted by Gasteiger charge is -2.09. The Labute approximate surface area is 131 Å². The van der Waals surface area contributed by atoms with Crippen LogP contribution in [0.1, 0.15) is 17.0 Å². The number of nitrogens with zero attached hydrogens (tertiary/aromatic N) is 2. The van der Waals surface area contributed by atoms with Crippen molar-refractivity contribution in [2.45, 2.75) is 13.0 Å². The zero-order chi connectivity index (χ0) is 14.7. The molecule has 0 radical (unpaired) electrons. The summed E-state index contributed by atoms with van der Waals surface area (Å²) < 4.78 is 16.8. The molecule has 2 nitrogen and oxygen atoms in total. The highest BCUT2D eigenvalue weighted by Gasteiger charge is 2.07. The van der Waals surface area contributed by atoms with E-state index in [1.807, 2.05) is 29.0 Å². The largest absolute Gasteiger partial charge is 0.330 e. The first kappa shape index (κ1) is 14.0. The van der Waals surface area contributed by atoms with Gasteiger partial charge in [0.2, 0.25) is 0 Å². The first-order chi connectivity index (χ1) is 10.2. The third kappa shape index (κ3) is 3.39. The second-order valence-corrected chi connectivity index (χ2v) is 5.78. The van der Waals surface area contributed by atoms with Crippen LogP contribution in [0.3, 0.4) is 0 Å². The molecule has 0 saturated carbocycles. The molecule has 1 aromatic heterocycles. The maximum Gasteiger partial charge on any atom is 0.128 e. The van der Waals surface area contributed by atoms with E-state index >= 15 is 0 Å². The Morgan fingerprint density at radius 1 is 1.05 bits per heavy atom. The summed E-state index contributed by atoms with van der Waals surface area (Å²) in [6.07, 6.45) is 4.38. The highest BCUT2D eigenvalue weighted by Crippen LogP contribution is 2.15. The maximum absolute atomic E-state index is 13.7. The van der Waals surface area contributed by atoms with Crippen LogP contribution in [0.4, 0.5) is 4.39 Å². The maximum atomic E-state index is 13.7. The molecule has 4 heteroatoms. The molecule has 0 aliphatic rings. The van der Waals surface area contributed by atoms with Crippen LogP contribution in [0.15, 0.2) is 65.4 Å². The summed E-state index contributed by atoms with van der Waals surface area (Å²) in [5.41, 5.74) is 1.85. The van der Waals surface area contributed by atoms with Crippen LogP contribution in [0, 0.1) is 5.82 Å². The first-order valence-corrected chi connectivity index (χ1v) is 7.49. The number of hydrogen-bond donors (Lipinski definition) is 0. The van der Waals surface area contributed by atoms with E-state index in [0.29, 0.717) is 12.1 Å². The monoisotopic (exact) mass is 344 g/mol. The Morgan fingerprint density at radius 3 is 2.57 bits per heavy atom. The minimum Gasteiger partial charge on any atom is -0.330 e. The van der Waals surface area contributed by atoms with Crippen molar-refractivity contribution in [3.05, 3.63) is 88.2 Å². The van der Waals surface area contributed by atoms with Crippen molar-refractivity contribution in [3.63, 3.8) is 0 Å². The van der Waals surface area contributed by atoms with Crippen molar-refractivity contribution in [3.8, 4) is 0 Å². The van der Waals surface area contributed by atoms with E-state index in [1.165, 1.54) is 11.6 Å². The van der Waals surface area contributed by atoms with Crippen LogP contribution in [0.5, 0.6) is 0 Å². The zero-order valence-electron chi connectivity index (χ0n) is 11.3. The van der Waals surface area contributed by atoms with Gasteiger partial charge in [0.05, 0.1) is 6.54 Å². The van der Waals surface area contributed by atoms with Crippen molar-refractivity contribution in [1.82, 2.24) is 9.55 Å². The first-order valence-electron chi connectivity index (χ1n) is 6.70. The van der Waals surface area contributed by atoms with Gasteiger partial charge < -0.3 is 4.57 Å². The van der Waals surface area contributed by atoms with Gasteiger partial charge in [0.1, 0.15) is 11.6 Å². The van der Waals surface area contributed by atoms with Crippen LogP contribution in [-0.4, -0.2) is 9.55 Å². The van der Waals surface area contributed by atoms with E-state index in [4.69, 9.17) is 0 Å². The molecule has 3 aromatic rings. The summed E-state index contributed by atoms with van der Waals surface area (Å²) in [4.78, 5) is 4.39. The van der Waals surface area contributed by atoms with Crippen LogP contribution >= 0.6 is 15.9 Å². The van der Waals surface area contributed by atoms with E-state index in [-0.39, 0.29) is 5.82 Å². The Morgan fingerprint density at radius 2 is 1.81 bits per heavy atom. The summed E-state index contributed by atoms with van der Waals surface area (Å²) in [6.45, 7) is 0.499. The molecule has 0 unspecified atom stereocenters. The number of imidazole rings is 1. The molecule has 0 saturated heterocycles. The van der Waals surface area contributed by atoms with Gasteiger partial charge in [-0.3, -0.25) is 0 Å². The molecule has 0 aliphatic heterocycles. The molecule has 0 atom stereocenters. The predicted octanol–water partition coefficient (Wildman–Crippen LogP) is 4.42. The van der Waals surface area contributed by atoms with Crippen molar-refractivity contribution < 1.29 is 4.39 Å². The topological polar surface area (TPSA) is 17.8 Å². The van der Waals surface area contributed by atoms with Crippen LogP contribution in [0.25, 0.3) is 0 Å². The smallest absolute Gasteiger partial charge is 0.128 e. The van der Waals surface area contributed by atoms with Crippen molar-refractivity contribution in [2.75, 3.05) is 0 Å². The second-order valence-electron chi connectivity index (χ2n) is 4.87. The van der Waals surface area contributed by atoms with Crippen molar-refractivity contribution in [2.24, 2.45) is 0 Å². The van der Waals surface area contributed by atoms with Crippen molar-refractivity contribution in [1.29, 1.82) is 0 Å². The van der Waals surface area contributed by atoms with E-state index in [1.54, 1.807) is 18.3 Å². The molecule has 3 rings (SSSR count). The third-order valence-corrected chi connectivity index (χ3v) is 3.90. The Balaban J connectivity index is 1.81. The Bertz CT molecular complexity index is 735. The number of rotatable bonds is 4. The molecule has 2 aromatic carbocycles. The molecule has 0 N–H and O–H groups in total. The summed E-state index contributed by atoms with van der Waals surface area (Å²) >= 11 is 3.43. The second kappa shape index (κ2) is 6.22. The molecular formula is C17H14BrFN2. The fraction of sp³-hybridized carbons (Fsp3) is 0.118. The van der Waals surface area contributed by atoms with Gasteiger partial charge in [-0.15, -0.1) is 0 Å². The highest BCUT2D eigenvalue weighted by molar-refractivity contribution is 9.10.